The lowest BCUT2D eigenvalue weighted by Gasteiger charge is -2.10. The second-order valence-electron chi connectivity index (χ2n) is 3.78. The smallest absolute Gasteiger partial charge is 0.217 e. The third kappa shape index (κ3) is 5.01. The Balaban J connectivity index is 2.51. The molecule has 4 nitrogen and oxygen atoms in total. The Bertz CT molecular complexity index is 452. The first-order valence-corrected chi connectivity index (χ1v) is 6.71. The highest BCUT2D eigenvalue weighted by molar-refractivity contribution is 9.10. The maximum Gasteiger partial charge on any atom is 0.217 e. The van der Waals surface area contributed by atoms with Crippen LogP contribution < -0.4 is 16.2 Å². The van der Waals surface area contributed by atoms with E-state index < -0.39 is 0 Å². The zero-order chi connectivity index (χ0) is 13.5. The fourth-order valence-corrected chi connectivity index (χ4v) is 1.92. The van der Waals surface area contributed by atoms with E-state index in [0.29, 0.717) is 35.7 Å². The molecule has 0 radical (unpaired) electrons. The van der Waals surface area contributed by atoms with E-state index in [9.17, 15) is 4.79 Å². The maximum absolute atomic E-state index is 10.6. The highest BCUT2D eigenvalue weighted by atomic mass is 79.9. The fourth-order valence-electron chi connectivity index (χ4n) is 1.40. The predicted molar refractivity (Wildman–Crippen MR) is 78.6 cm³/mol. The van der Waals surface area contributed by atoms with E-state index in [4.69, 9.17) is 28.4 Å². The molecule has 4 N–H and O–H groups in total. The number of nitrogens with two attached hydrogens (primary N) is 2. The number of amides is 1. The molecule has 0 aliphatic carbocycles. The molecule has 1 aromatic carbocycles. The Hall–Kier alpha value is -1.14. The number of hydrogen-bond donors (Lipinski definition) is 2. The number of benzene rings is 1. The van der Waals surface area contributed by atoms with Crippen molar-refractivity contribution in [1.29, 1.82) is 0 Å². The van der Waals surface area contributed by atoms with Gasteiger partial charge in [-0.05, 0) is 31.0 Å². The number of primary amides is 1. The lowest BCUT2D eigenvalue weighted by atomic mass is 10.2. The van der Waals surface area contributed by atoms with E-state index in [-0.39, 0.29) is 5.91 Å². The number of ether oxygens (including phenoxy) is 1. The van der Waals surface area contributed by atoms with Crippen molar-refractivity contribution < 1.29 is 9.53 Å². The molecule has 0 spiro atoms. The van der Waals surface area contributed by atoms with Gasteiger partial charge in [0.2, 0.25) is 5.91 Å². The Kier molecular flexibility index (Phi) is 6.07. The van der Waals surface area contributed by atoms with Crippen LogP contribution in [0.3, 0.4) is 0 Å². The third-order valence-electron chi connectivity index (χ3n) is 2.28. The molecule has 98 valence electrons. The van der Waals surface area contributed by atoms with Crippen molar-refractivity contribution in [3.05, 3.63) is 28.2 Å². The van der Waals surface area contributed by atoms with Gasteiger partial charge in [-0.15, -0.1) is 0 Å². The van der Waals surface area contributed by atoms with Gasteiger partial charge in [-0.3, -0.25) is 4.79 Å². The average molecular weight is 331 g/mol. The largest absolute Gasteiger partial charge is 0.493 e. The van der Waals surface area contributed by atoms with Gasteiger partial charge in [0, 0.05) is 10.9 Å². The molecule has 1 rings (SSSR count). The number of thiocarbonyl (C=S) groups is 1. The van der Waals surface area contributed by atoms with Crippen molar-refractivity contribution in [2.45, 2.75) is 19.3 Å². The minimum absolute atomic E-state index is 0.289. The van der Waals surface area contributed by atoms with E-state index in [1.807, 2.05) is 18.2 Å². The zero-order valence-electron chi connectivity index (χ0n) is 9.82. The highest BCUT2D eigenvalue weighted by Crippen LogP contribution is 2.23. The minimum Gasteiger partial charge on any atom is -0.493 e. The molecule has 0 saturated carbocycles. The van der Waals surface area contributed by atoms with E-state index >= 15 is 0 Å². The molecular formula is C12H15BrN2O2S. The summed E-state index contributed by atoms with van der Waals surface area (Å²) >= 11 is 8.31. The summed E-state index contributed by atoms with van der Waals surface area (Å²) in [4.78, 5) is 10.9. The van der Waals surface area contributed by atoms with Crippen molar-refractivity contribution in [2.75, 3.05) is 6.61 Å². The van der Waals surface area contributed by atoms with Crippen molar-refractivity contribution in [2.24, 2.45) is 11.5 Å². The van der Waals surface area contributed by atoms with Gasteiger partial charge >= 0.3 is 0 Å². The monoisotopic (exact) mass is 330 g/mol. The molecule has 1 aromatic rings. The van der Waals surface area contributed by atoms with Gasteiger partial charge in [0.1, 0.15) is 10.7 Å². The van der Waals surface area contributed by atoms with Gasteiger partial charge in [0.25, 0.3) is 0 Å². The molecule has 6 heteroatoms. The number of carbonyl (C=O) groups is 1. The van der Waals surface area contributed by atoms with Crippen molar-refractivity contribution in [3.63, 3.8) is 0 Å². The van der Waals surface area contributed by atoms with Gasteiger partial charge < -0.3 is 16.2 Å². The molecule has 1 amide bonds. The van der Waals surface area contributed by atoms with Crippen LogP contribution in [0.15, 0.2) is 22.7 Å². The van der Waals surface area contributed by atoms with Crippen LogP contribution in [0.2, 0.25) is 0 Å². The van der Waals surface area contributed by atoms with Gasteiger partial charge in [0.15, 0.2) is 0 Å². The van der Waals surface area contributed by atoms with E-state index in [2.05, 4.69) is 15.9 Å². The van der Waals surface area contributed by atoms with Gasteiger partial charge in [-0.2, -0.15) is 0 Å². The zero-order valence-corrected chi connectivity index (χ0v) is 12.2. The Morgan fingerprint density at radius 2 is 2.06 bits per heavy atom. The first-order valence-electron chi connectivity index (χ1n) is 5.51. The van der Waals surface area contributed by atoms with E-state index in [1.165, 1.54) is 0 Å². The molecule has 0 aromatic heterocycles. The molecule has 0 aliphatic heterocycles. The standard InChI is InChI=1S/C12H15BrN2O2S/c13-8-4-5-10(9(7-8)12(15)18)17-6-2-1-3-11(14)16/h4-5,7H,1-3,6H2,(H2,14,16)(H2,15,18). The lowest BCUT2D eigenvalue weighted by molar-refractivity contribution is -0.118. The number of rotatable bonds is 7. The van der Waals surface area contributed by atoms with Crippen LogP contribution in [0.1, 0.15) is 24.8 Å². The average Bonchev–Trinajstić information content (AvgIpc) is 2.29. The Labute approximate surface area is 120 Å². The number of halogens is 1. The summed E-state index contributed by atoms with van der Waals surface area (Å²) in [7, 11) is 0. The summed E-state index contributed by atoms with van der Waals surface area (Å²) in [6.07, 6.45) is 1.86. The molecule has 0 heterocycles. The molecule has 18 heavy (non-hydrogen) atoms. The lowest BCUT2D eigenvalue weighted by Crippen LogP contribution is -2.13. The Morgan fingerprint density at radius 1 is 1.33 bits per heavy atom. The summed E-state index contributed by atoms with van der Waals surface area (Å²) < 4.78 is 6.49. The first kappa shape index (κ1) is 14.9. The summed E-state index contributed by atoms with van der Waals surface area (Å²) in [6.45, 7) is 0.504. The summed E-state index contributed by atoms with van der Waals surface area (Å²) in [5, 5.41) is 0. The van der Waals surface area contributed by atoms with Gasteiger partial charge in [-0.1, -0.05) is 28.1 Å². The van der Waals surface area contributed by atoms with Crippen LogP contribution >= 0.6 is 28.1 Å². The van der Waals surface area contributed by atoms with Crippen LogP contribution in [0, 0.1) is 0 Å². The van der Waals surface area contributed by atoms with Gasteiger partial charge in [-0.25, -0.2) is 0 Å². The second-order valence-corrected chi connectivity index (χ2v) is 5.13. The van der Waals surface area contributed by atoms with Gasteiger partial charge in [0.05, 0.1) is 12.2 Å². The number of carbonyl (C=O) groups excluding carboxylic acids is 1. The van der Waals surface area contributed by atoms with Crippen LogP contribution in [0.5, 0.6) is 5.75 Å². The molecule has 0 aliphatic rings. The second kappa shape index (κ2) is 7.33. The maximum atomic E-state index is 10.6. The topological polar surface area (TPSA) is 78.3 Å². The summed E-state index contributed by atoms with van der Waals surface area (Å²) in [5.41, 5.74) is 11.4. The summed E-state index contributed by atoms with van der Waals surface area (Å²) in [5.74, 6) is 0.368. The molecule has 0 saturated heterocycles. The number of hydrogen-bond acceptors (Lipinski definition) is 3. The quantitative estimate of drug-likeness (QED) is 0.593. The fraction of sp³-hybridized carbons (Fsp3) is 0.333. The van der Waals surface area contributed by atoms with Crippen LogP contribution in [-0.4, -0.2) is 17.5 Å². The molecular weight excluding hydrogens is 316 g/mol. The van der Waals surface area contributed by atoms with Crippen LogP contribution in [0.25, 0.3) is 0 Å². The van der Waals surface area contributed by atoms with Crippen molar-refractivity contribution in [1.82, 2.24) is 0 Å². The molecule has 0 fully saturated rings. The first-order chi connectivity index (χ1) is 8.50. The van der Waals surface area contributed by atoms with Crippen molar-refractivity contribution >= 4 is 39.0 Å². The SMILES string of the molecule is NC(=O)CCCCOc1ccc(Br)cc1C(N)=S. The molecule has 0 unspecified atom stereocenters. The van der Waals surface area contributed by atoms with E-state index in [0.717, 1.165) is 10.9 Å². The molecule has 0 bridgehead atoms. The molecule has 0 atom stereocenters. The minimum atomic E-state index is -0.289. The highest BCUT2D eigenvalue weighted by Gasteiger charge is 2.07. The van der Waals surface area contributed by atoms with Crippen molar-refractivity contribution in [3.8, 4) is 5.75 Å². The predicted octanol–water partition coefficient (Wildman–Crippen LogP) is 2.12. The number of unbranched alkanes of at least 4 members (excludes halogenated alkanes) is 1. The summed E-state index contributed by atoms with van der Waals surface area (Å²) in [6, 6.07) is 5.49. The van der Waals surface area contributed by atoms with Crippen LogP contribution in [-0.2, 0) is 4.79 Å². The third-order valence-corrected chi connectivity index (χ3v) is 3.00. The Morgan fingerprint density at radius 3 is 2.67 bits per heavy atom. The van der Waals surface area contributed by atoms with Crippen LogP contribution in [0.4, 0.5) is 0 Å². The normalized spacial score (nSPS) is 10.1. The van der Waals surface area contributed by atoms with E-state index in [1.54, 1.807) is 0 Å².